The first-order chi connectivity index (χ1) is 12.5. The third kappa shape index (κ3) is 3.19. The number of hydrogen-bond donors (Lipinski definition) is 3. The molecule has 3 saturated heterocycles. The van der Waals surface area contributed by atoms with Crippen LogP contribution in [0.2, 0.25) is 0 Å². The van der Waals surface area contributed by atoms with Crippen LogP contribution in [0.25, 0.3) is 0 Å². The summed E-state index contributed by atoms with van der Waals surface area (Å²) < 4.78 is 14.6. The number of aromatic nitrogens is 2. The minimum atomic E-state index is -0.350. The first-order valence-corrected chi connectivity index (χ1v) is 9.09. The van der Waals surface area contributed by atoms with Crippen molar-refractivity contribution in [3.05, 3.63) is 40.8 Å². The number of halogens is 1. The molecule has 1 aromatic heterocycles. The molecule has 138 valence electrons. The summed E-state index contributed by atoms with van der Waals surface area (Å²) in [4.78, 5) is 10.1. The van der Waals surface area contributed by atoms with Crippen LogP contribution in [-0.4, -0.2) is 39.6 Å². The largest absolute Gasteiger partial charge is 0.479 e. The number of anilines is 2. The quantitative estimate of drug-likeness (QED) is 0.780. The molecular weight excluding hydrogens is 333 g/mol. The van der Waals surface area contributed by atoms with E-state index >= 15 is 0 Å². The first kappa shape index (κ1) is 17.0. The van der Waals surface area contributed by atoms with E-state index < -0.39 is 0 Å². The van der Waals surface area contributed by atoms with E-state index in [1.54, 1.807) is 13.0 Å². The van der Waals surface area contributed by atoms with Crippen molar-refractivity contribution >= 4 is 11.5 Å². The maximum absolute atomic E-state index is 14.6. The molecule has 1 aromatic carbocycles. The van der Waals surface area contributed by atoms with Gasteiger partial charge in [0.15, 0.2) is 5.82 Å². The number of piperidine rings is 3. The molecule has 0 saturated carbocycles. The zero-order chi connectivity index (χ0) is 18.3. The van der Waals surface area contributed by atoms with Gasteiger partial charge in [0.25, 0.3) is 0 Å². The number of fused-ring (bicyclic) bond motifs is 3. The third-order valence-corrected chi connectivity index (χ3v) is 5.73. The number of rotatable bonds is 4. The summed E-state index contributed by atoms with van der Waals surface area (Å²) in [6, 6.07) is 5.20. The molecule has 0 radical (unpaired) electrons. The Morgan fingerprint density at radius 3 is 2.73 bits per heavy atom. The van der Waals surface area contributed by atoms with Crippen LogP contribution in [0.5, 0.6) is 6.01 Å². The summed E-state index contributed by atoms with van der Waals surface area (Å²) in [6.07, 6.45) is 2.43. The molecule has 4 heterocycles. The SMILES string of the molecule is Cc1nc(O)nc(NCc2ccc(C3CN4CCC3CC4)cc2F)c1N. The van der Waals surface area contributed by atoms with Gasteiger partial charge >= 0.3 is 6.01 Å². The molecule has 6 nitrogen and oxygen atoms in total. The Labute approximate surface area is 152 Å². The number of hydrogen-bond acceptors (Lipinski definition) is 6. The second kappa shape index (κ2) is 6.72. The van der Waals surface area contributed by atoms with Crippen molar-refractivity contribution in [2.24, 2.45) is 5.92 Å². The summed E-state index contributed by atoms with van der Waals surface area (Å²) in [5.74, 6) is 1.21. The molecule has 5 rings (SSSR count). The summed E-state index contributed by atoms with van der Waals surface area (Å²) in [5.41, 5.74) is 8.39. The van der Waals surface area contributed by atoms with Crippen molar-refractivity contribution < 1.29 is 9.50 Å². The Morgan fingerprint density at radius 2 is 2.08 bits per heavy atom. The summed E-state index contributed by atoms with van der Waals surface area (Å²) >= 11 is 0. The zero-order valence-electron chi connectivity index (χ0n) is 14.9. The van der Waals surface area contributed by atoms with Gasteiger partial charge in [0, 0.05) is 18.7 Å². The highest BCUT2D eigenvalue weighted by atomic mass is 19.1. The molecule has 26 heavy (non-hydrogen) atoms. The van der Waals surface area contributed by atoms with E-state index in [1.807, 2.05) is 12.1 Å². The second-order valence-electron chi connectivity index (χ2n) is 7.32. The topological polar surface area (TPSA) is 87.3 Å². The zero-order valence-corrected chi connectivity index (χ0v) is 14.9. The average Bonchev–Trinajstić information content (AvgIpc) is 2.65. The molecule has 0 amide bonds. The average molecular weight is 357 g/mol. The molecule has 4 N–H and O–H groups in total. The molecule has 2 bridgehead atoms. The molecule has 7 heteroatoms. The van der Waals surface area contributed by atoms with Gasteiger partial charge < -0.3 is 21.1 Å². The van der Waals surface area contributed by atoms with Crippen LogP contribution in [0.3, 0.4) is 0 Å². The molecular formula is C19H24FN5O. The molecule has 3 aliphatic heterocycles. The van der Waals surface area contributed by atoms with Crippen molar-refractivity contribution in [2.75, 3.05) is 30.7 Å². The predicted molar refractivity (Wildman–Crippen MR) is 98.5 cm³/mol. The number of nitrogens with zero attached hydrogens (tertiary/aromatic N) is 3. The standard InChI is InChI=1S/C19H24FN5O/c1-11-17(21)18(24-19(26)23-11)22-9-14-3-2-13(8-16(14)20)15-10-25-6-4-12(15)5-7-25/h2-3,8,12,15H,4-7,9-10,21H2,1H3,(H2,22,23,24,26). The summed E-state index contributed by atoms with van der Waals surface area (Å²) in [6.45, 7) is 5.33. The van der Waals surface area contributed by atoms with E-state index in [9.17, 15) is 9.50 Å². The fourth-order valence-corrected chi connectivity index (χ4v) is 4.16. The van der Waals surface area contributed by atoms with Crippen LogP contribution < -0.4 is 11.1 Å². The van der Waals surface area contributed by atoms with Crippen molar-refractivity contribution in [3.8, 4) is 6.01 Å². The highest BCUT2D eigenvalue weighted by Gasteiger charge is 2.35. The predicted octanol–water partition coefficient (Wildman–Crippen LogP) is 2.63. The van der Waals surface area contributed by atoms with E-state index in [4.69, 9.17) is 5.73 Å². The molecule has 2 aromatic rings. The van der Waals surface area contributed by atoms with Crippen molar-refractivity contribution in [1.82, 2.24) is 14.9 Å². The lowest BCUT2D eigenvalue weighted by Crippen LogP contribution is -2.46. The molecule has 3 aliphatic rings. The summed E-state index contributed by atoms with van der Waals surface area (Å²) in [7, 11) is 0. The van der Waals surface area contributed by atoms with Crippen LogP contribution in [0.15, 0.2) is 18.2 Å². The lowest BCUT2D eigenvalue weighted by molar-refractivity contribution is 0.0870. The van der Waals surface area contributed by atoms with Gasteiger partial charge in [0.2, 0.25) is 0 Å². The molecule has 1 unspecified atom stereocenters. The van der Waals surface area contributed by atoms with Crippen molar-refractivity contribution in [3.63, 3.8) is 0 Å². The van der Waals surface area contributed by atoms with Crippen LogP contribution in [0, 0.1) is 18.7 Å². The Bertz CT molecular complexity index is 820. The van der Waals surface area contributed by atoms with E-state index in [2.05, 4.69) is 20.2 Å². The van der Waals surface area contributed by atoms with Gasteiger partial charge in [-0.2, -0.15) is 9.97 Å². The van der Waals surface area contributed by atoms with Crippen LogP contribution >= 0.6 is 0 Å². The van der Waals surface area contributed by atoms with Crippen molar-refractivity contribution in [2.45, 2.75) is 32.2 Å². The van der Waals surface area contributed by atoms with E-state index in [-0.39, 0.29) is 18.4 Å². The Kier molecular flexibility index (Phi) is 4.40. The van der Waals surface area contributed by atoms with E-state index in [1.165, 1.54) is 25.9 Å². The van der Waals surface area contributed by atoms with Gasteiger partial charge in [0.05, 0.1) is 11.4 Å². The number of nitrogens with one attached hydrogen (secondary N) is 1. The molecule has 0 aliphatic carbocycles. The number of aromatic hydroxyl groups is 1. The van der Waals surface area contributed by atoms with E-state index in [0.717, 1.165) is 12.1 Å². The number of aryl methyl sites for hydroxylation is 1. The number of nitrogen functional groups attached to an aromatic ring is 1. The second-order valence-corrected chi connectivity index (χ2v) is 7.32. The smallest absolute Gasteiger partial charge is 0.316 e. The van der Waals surface area contributed by atoms with Crippen molar-refractivity contribution in [1.29, 1.82) is 0 Å². The maximum Gasteiger partial charge on any atom is 0.316 e. The van der Waals surface area contributed by atoms with Crippen LogP contribution in [-0.2, 0) is 6.54 Å². The summed E-state index contributed by atoms with van der Waals surface area (Å²) in [5, 5.41) is 12.5. The Hall–Kier alpha value is -2.41. The Morgan fingerprint density at radius 1 is 1.31 bits per heavy atom. The van der Waals surface area contributed by atoms with Gasteiger partial charge in [-0.25, -0.2) is 4.39 Å². The van der Waals surface area contributed by atoms with Gasteiger partial charge in [0.1, 0.15) is 5.82 Å². The fourth-order valence-electron chi connectivity index (χ4n) is 4.16. The highest BCUT2D eigenvalue weighted by molar-refractivity contribution is 5.64. The molecule has 0 spiro atoms. The van der Waals surface area contributed by atoms with Gasteiger partial charge in [-0.1, -0.05) is 12.1 Å². The number of nitrogens with two attached hydrogens (primary N) is 1. The lowest BCUT2D eigenvalue weighted by atomic mass is 9.75. The van der Waals surface area contributed by atoms with Gasteiger partial charge in [-0.3, -0.25) is 0 Å². The maximum atomic E-state index is 14.6. The molecule has 1 atom stereocenters. The van der Waals surface area contributed by atoms with E-state index in [0.29, 0.717) is 34.6 Å². The van der Waals surface area contributed by atoms with Crippen LogP contribution in [0.1, 0.15) is 35.6 Å². The highest BCUT2D eigenvalue weighted by Crippen LogP contribution is 2.39. The Balaban J connectivity index is 1.49. The fraction of sp³-hybridized carbons (Fsp3) is 0.474. The normalized spacial score (nSPS) is 24.6. The number of benzene rings is 1. The monoisotopic (exact) mass is 357 g/mol. The first-order valence-electron chi connectivity index (χ1n) is 9.09. The van der Waals surface area contributed by atoms with Crippen LogP contribution in [0.4, 0.5) is 15.9 Å². The molecule has 3 fully saturated rings. The van der Waals surface area contributed by atoms with Gasteiger partial charge in [-0.15, -0.1) is 0 Å². The third-order valence-electron chi connectivity index (χ3n) is 5.73. The van der Waals surface area contributed by atoms with Gasteiger partial charge in [-0.05, 0) is 56.3 Å². The lowest BCUT2D eigenvalue weighted by Gasteiger charge is -2.45. The minimum absolute atomic E-state index is 0.222. The minimum Gasteiger partial charge on any atom is -0.479 e.